The van der Waals surface area contributed by atoms with Crippen LogP contribution >= 0.6 is 12.6 Å². The third-order valence-electron chi connectivity index (χ3n) is 1.31. The Morgan fingerprint density at radius 1 is 1.33 bits per heavy atom. The summed E-state index contributed by atoms with van der Waals surface area (Å²) < 4.78 is 0. The number of carbonyl (C=O) groups excluding carboxylic acids is 1. The van der Waals surface area contributed by atoms with E-state index in [0.29, 0.717) is 5.56 Å². The second-order valence-corrected chi connectivity index (χ2v) is 2.46. The van der Waals surface area contributed by atoms with E-state index in [9.17, 15) is 14.9 Å². The lowest BCUT2D eigenvalue weighted by Crippen LogP contribution is -1.91. The zero-order valence-electron chi connectivity index (χ0n) is 5.89. The van der Waals surface area contributed by atoms with Gasteiger partial charge < -0.3 is 0 Å². The molecule has 1 rings (SSSR count). The number of non-ortho nitro benzene ring substituents is 1. The lowest BCUT2D eigenvalue weighted by Gasteiger charge is -1.92. The third-order valence-corrected chi connectivity index (χ3v) is 1.55. The van der Waals surface area contributed by atoms with Crippen LogP contribution in [0.4, 0.5) is 5.69 Å². The molecule has 0 aromatic heterocycles. The maximum Gasteiger partial charge on any atom is 0.269 e. The first-order valence-corrected chi connectivity index (χ1v) is 3.48. The van der Waals surface area contributed by atoms with Gasteiger partial charge in [0.2, 0.25) is 5.12 Å². The molecule has 1 radical (unpaired) electrons. The van der Waals surface area contributed by atoms with Gasteiger partial charge in [-0.3, -0.25) is 14.9 Å². The van der Waals surface area contributed by atoms with Gasteiger partial charge >= 0.3 is 0 Å². The summed E-state index contributed by atoms with van der Waals surface area (Å²) in [6.45, 7) is 0. The van der Waals surface area contributed by atoms with Gasteiger partial charge in [0.1, 0.15) is 0 Å². The van der Waals surface area contributed by atoms with Gasteiger partial charge in [0.25, 0.3) is 5.69 Å². The van der Waals surface area contributed by atoms with Crippen LogP contribution in [0.5, 0.6) is 0 Å². The van der Waals surface area contributed by atoms with E-state index in [4.69, 9.17) is 0 Å². The van der Waals surface area contributed by atoms with Crippen molar-refractivity contribution >= 4 is 23.4 Å². The Labute approximate surface area is 73.8 Å². The van der Waals surface area contributed by atoms with Crippen molar-refractivity contribution in [1.29, 1.82) is 0 Å². The molecule has 0 aliphatic rings. The van der Waals surface area contributed by atoms with E-state index >= 15 is 0 Å². The Morgan fingerprint density at radius 3 is 2.17 bits per heavy atom. The van der Waals surface area contributed by atoms with Crippen molar-refractivity contribution in [2.45, 2.75) is 0 Å². The number of hydrogen-bond acceptors (Lipinski definition) is 3. The first kappa shape index (κ1) is 8.61. The Morgan fingerprint density at radius 2 is 1.83 bits per heavy atom. The summed E-state index contributed by atoms with van der Waals surface area (Å²) in [6.07, 6.45) is 0. The molecule has 0 N–H and O–H groups in total. The summed E-state index contributed by atoms with van der Waals surface area (Å²) in [6, 6.07) is 5.18. The van der Waals surface area contributed by atoms with Gasteiger partial charge in [0.05, 0.1) is 4.92 Å². The molecule has 0 bridgehead atoms. The van der Waals surface area contributed by atoms with Crippen molar-refractivity contribution in [3.05, 3.63) is 39.9 Å². The first-order chi connectivity index (χ1) is 5.61. The number of nitro groups is 1. The zero-order chi connectivity index (χ0) is 9.14. The van der Waals surface area contributed by atoms with Crippen LogP contribution in [0, 0.1) is 10.1 Å². The fraction of sp³-hybridized carbons (Fsp3) is 0. The van der Waals surface area contributed by atoms with Crippen LogP contribution in [0.15, 0.2) is 24.3 Å². The van der Waals surface area contributed by atoms with Crippen LogP contribution in [-0.2, 0) is 0 Å². The van der Waals surface area contributed by atoms with Crippen LogP contribution in [0.3, 0.4) is 0 Å². The van der Waals surface area contributed by atoms with Crippen LogP contribution < -0.4 is 0 Å². The van der Waals surface area contributed by atoms with Crippen LogP contribution in [0.25, 0.3) is 0 Å². The second-order valence-electron chi connectivity index (χ2n) is 2.09. The van der Waals surface area contributed by atoms with Gasteiger partial charge in [-0.1, -0.05) is 0 Å². The van der Waals surface area contributed by atoms with E-state index < -0.39 is 10.0 Å². The van der Waals surface area contributed by atoms with E-state index in [1.54, 1.807) is 0 Å². The molecule has 1 aromatic rings. The van der Waals surface area contributed by atoms with Crippen molar-refractivity contribution in [2.75, 3.05) is 0 Å². The standard InChI is InChI=1S/C7H4NO3S/c9-7(12)5-1-3-6(4-2-5)8(10)11/h1-4H. The number of nitrogens with zero attached hydrogens (tertiary/aromatic N) is 1. The Hall–Kier alpha value is -1.49. The van der Waals surface area contributed by atoms with E-state index in [1.165, 1.54) is 24.3 Å². The summed E-state index contributed by atoms with van der Waals surface area (Å²) in [7, 11) is 0. The molecule has 0 unspecified atom stereocenters. The van der Waals surface area contributed by atoms with Crippen LogP contribution in [0.1, 0.15) is 10.4 Å². The Kier molecular flexibility index (Phi) is 2.35. The lowest BCUT2D eigenvalue weighted by molar-refractivity contribution is -0.384. The number of benzene rings is 1. The molecule has 12 heavy (non-hydrogen) atoms. The maximum atomic E-state index is 10.6. The molecule has 0 aliphatic carbocycles. The molecule has 1 aromatic carbocycles. The van der Waals surface area contributed by atoms with Crippen molar-refractivity contribution in [2.24, 2.45) is 0 Å². The molecule has 0 saturated carbocycles. The van der Waals surface area contributed by atoms with E-state index in [2.05, 4.69) is 12.6 Å². The van der Waals surface area contributed by atoms with E-state index in [-0.39, 0.29) is 5.69 Å². The van der Waals surface area contributed by atoms with Crippen molar-refractivity contribution < 1.29 is 9.72 Å². The molecule has 5 heteroatoms. The number of nitro benzene ring substituents is 1. The topological polar surface area (TPSA) is 60.2 Å². The minimum atomic E-state index is -0.530. The molecule has 0 saturated heterocycles. The molecular formula is C7H4NO3S. The lowest BCUT2D eigenvalue weighted by atomic mass is 10.2. The van der Waals surface area contributed by atoms with Crippen molar-refractivity contribution in [3.63, 3.8) is 0 Å². The normalized spacial score (nSPS) is 9.33. The summed E-state index contributed by atoms with van der Waals surface area (Å²) in [5, 5.41) is 9.67. The SMILES string of the molecule is O=C([S])c1ccc([N+](=O)[O-])cc1. The Bertz CT molecular complexity index is 287. The number of hydrogen-bond donors (Lipinski definition) is 0. The third kappa shape index (κ3) is 1.76. The quantitative estimate of drug-likeness (QED) is 0.518. The predicted octanol–water partition coefficient (Wildman–Crippen LogP) is 1.93. The summed E-state index contributed by atoms with van der Waals surface area (Å²) in [4.78, 5) is 20.2. The fourth-order valence-corrected chi connectivity index (χ4v) is 0.855. The number of carbonyl (C=O) groups is 1. The van der Waals surface area contributed by atoms with Gasteiger partial charge in [-0.15, -0.1) is 0 Å². The minimum absolute atomic E-state index is 0.0463. The molecule has 0 atom stereocenters. The van der Waals surface area contributed by atoms with Gasteiger partial charge in [-0.05, 0) is 24.8 Å². The minimum Gasteiger partial charge on any atom is -0.276 e. The largest absolute Gasteiger partial charge is 0.276 e. The van der Waals surface area contributed by atoms with Crippen molar-refractivity contribution in [3.8, 4) is 0 Å². The highest BCUT2D eigenvalue weighted by Gasteiger charge is 2.06. The van der Waals surface area contributed by atoms with Crippen molar-refractivity contribution in [1.82, 2.24) is 0 Å². The monoisotopic (exact) mass is 182 g/mol. The molecule has 4 nitrogen and oxygen atoms in total. The summed E-state index contributed by atoms with van der Waals surface area (Å²) >= 11 is 4.35. The highest BCUT2D eigenvalue weighted by atomic mass is 32.1. The molecule has 0 spiro atoms. The highest BCUT2D eigenvalue weighted by molar-refractivity contribution is 7.97. The smallest absolute Gasteiger partial charge is 0.269 e. The zero-order valence-corrected chi connectivity index (χ0v) is 6.71. The fourth-order valence-electron chi connectivity index (χ4n) is 0.719. The average Bonchev–Trinajstić information content (AvgIpc) is 2.04. The molecule has 0 amide bonds. The van der Waals surface area contributed by atoms with E-state index in [0.717, 1.165) is 0 Å². The van der Waals surface area contributed by atoms with Gasteiger partial charge in [0.15, 0.2) is 0 Å². The summed E-state index contributed by atoms with van der Waals surface area (Å²) in [5.74, 6) is 0. The number of rotatable bonds is 2. The molecule has 61 valence electrons. The van der Waals surface area contributed by atoms with Crippen LogP contribution in [-0.4, -0.2) is 10.0 Å². The van der Waals surface area contributed by atoms with Gasteiger partial charge in [0, 0.05) is 17.7 Å². The highest BCUT2D eigenvalue weighted by Crippen LogP contribution is 2.12. The molecule has 0 heterocycles. The second kappa shape index (κ2) is 3.27. The van der Waals surface area contributed by atoms with Crippen LogP contribution in [0.2, 0.25) is 0 Å². The molecule has 0 aliphatic heterocycles. The van der Waals surface area contributed by atoms with Gasteiger partial charge in [-0.2, -0.15) is 0 Å². The first-order valence-electron chi connectivity index (χ1n) is 3.07. The Balaban J connectivity index is 3.01. The molecule has 0 fully saturated rings. The van der Waals surface area contributed by atoms with E-state index in [1.807, 2.05) is 0 Å². The van der Waals surface area contributed by atoms with Gasteiger partial charge in [-0.25, -0.2) is 0 Å². The summed E-state index contributed by atoms with van der Waals surface area (Å²) in [5.41, 5.74) is 0.255. The predicted molar refractivity (Wildman–Crippen MR) is 45.0 cm³/mol. The maximum absolute atomic E-state index is 10.6. The average molecular weight is 182 g/mol. The molecular weight excluding hydrogens is 178 g/mol.